The minimum Gasteiger partial charge on any atom is -0.497 e. The molecule has 7 nitrogen and oxygen atoms in total. The highest BCUT2D eigenvalue weighted by Gasteiger charge is 2.32. The van der Waals surface area contributed by atoms with Gasteiger partial charge in [0.05, 0.1) is 20.2 Å². The molecule has 1 aliphatic rings. The Kier molecular flexibility index (Phi) is 6.03. The summed E-state index contributed by atoms with van der Waals surface area (Å²) >= 11 is 5.79. The number of amides is 2. The molecule has 2 amide bonds. The van der Waals surface area contributed by atoms with E-state index in [4.69, 9.17) is 25.8 Å². The van der Waals surface area contributed by atoms with Crippen LogP contribution in [0.5, 0.6) is 11.5 Å². The molecule has 1 N–H and O–H groups in total. The number of rotatable bonds is 7. The van der Waals surface area contributed by atoms with Crippen LogP contribution < -0.4 is 19.7 Å². The fraction of sp³-hybridized carbons (Fsp3) is 0.263. The van der Waals surface area contributed by atoms with Crippen molar-refractivity contribution < 1.29 is 23.8 Å². The van der Waals surface area contributed by atoms with E-state index in [-0.39, 0.29) is 19.1 Å². The van der Waals surface area contributed by atoms with E-state index in [1.165, 1.54) is 4.90 Å². The Labute approximate surface area is 161 Å². The van der Waals surface area contributed by atoms with Crippen molar-refractivity contribution in [3.05, 3.63) is 53.6 Å². The van der Waals surface area contributed by atoms with E-state index < -0.39 is 12.2 Å². The first-order chi connectivity index (χ1) is 13.0. The monoisotopic (exact) mass is 390 g/mol. The Morgan fingerprint density at radius 1 is 1.19 bits per heavy atom. The van der Waals surface area contributed by atoms with Crippen molar-refractivity contribution in [2.24, 2.45) is 0 Å². The number of anilines is 1. The molecular weight excluding hydrogens is 372 g/mol. The van der Waals surface area contributed by atoms with Gasteiger partial charge in [0.1, 0.15) is 17.6 Å². The maximum Gasteiger partial charge on any atom is 0.414 e. The number of halogens is 1. The van der Waals surface area contributed by atoms with Gasteiger partial charge in [-0.05, 0) is 48.5 Å². The third kappa shape index (κ3) is 5.04. The van der Waals surface area contributed by atoms with Crippen LogP contribution >= 0.6 is 11.6 Å². The molecule has 0 aromatic heterocycles. The van der Waals surface area contributed by atoms with Gasteiger partial charge in [-0.2, -0.15) is 0 Å². The first kappa shape index (κ1) is 18.8. The molecule has 27 heavy (non-hydrogen) atoms. The van der Waals surface area contributed by atoms with Crippen molar-refractivity contribution in [2.75, 3.05) is 31.7 Å². The first-order valence-corrected chi connectivity index (χ1v) is 8.70. The van der Waals surface area contributed by atoms with Crippen LogP contribution in [0, 0.1) is 0 Å². The zero-order chi connectivity index (χ0) is 19.2. The molecular formula is C19H19ClN2O5. The smallest absolute Gasteiger partial charge is 0.414 e. The molecule has 0 bridgehead atoms. The average Bonchev–Trinajstić information content (AvgIpc) is 3.06. The van der Waals surface area contributed by atoms with E-state index in [1.807, 2.05) is 0 Å². The molecule has 1 fully saturated rings. The summed E-state index contributed by atoms with van der Waals surface area (Å²) in [5.41, 5.74) is 0.709. The van der Waals surface area contributed by atoms with Crippen molar-refractivity contribution in [3.8, 4) is 11.5 Å². The normalized spacial score (nSPS) is 16.0. The number of benzene rings is 2. The molecule has 1 atom stereocenters. The highest BCUT2D eigenvalue weighted by atomic mass is 35.5. The van der Waals surface area contributed by atoms with Gasteiger partial charge >= 0.3 is 6.09 Å². The van der Waals surface area contributed by atoms with Gasteiger partial charge in [0.15, 0.2) is 6.61 Å². The molecule has 0 radical (unpaired) electrons. The molecule has 2 aromatic rings. The SMILES string of the molecule is COc1ccc(N2CC(CNC(=O)COc3ccc(Cl)cc3)OC2=O)cc1. The van der Waals surface area contributed by atoms with Crippen LogP contribution in [-0.2, 0) is 9.53 Å². The van der Waals surface area contributed by atoms with Crippen LogP contribution in [0.2, 0.25) is 5.02 Å². The summed E-state index contributed by atoms with van der Waals surface area (Å²) < 4.78 is 15.8. The number of carbonyl (C=O) groups is 2. The van der Waals surface area contributed by atoms with E-state index in [2.05, 4.69) is 5.32 Å². The number of hydrogen-bond donors (Lipinski definition) is 1. The van der Waals surface area contributed by atoms with E-state index >= 15 is 0 Å². The Bertz CT molecular complexity index is 795. The highest BCUT2D eigenvalue weighted by molar-refractivity contribution is 6.30. The molecule has 2 aromatic carbocycles. The Hall–Kier alpha value is -2.93. The predicted molar refractivity (Wildman–Crippen MR) is 101 cm³/mol. The van der Waals surface area contributed by atoms with E-state index in [0.717, 1.165) is 0 Å². The van der Waals surface area contributed by atoms with E-state index in [1.54, 1.807) is 55.6 Å². The van der Waals surface area contributed by atoms with Crippen LogP contribution in [0.15, 0.2) is 48.5 Å². The number of ether oxygens (including phenoxy) is 3. The number of nitrogens with zero attached hydrogens (tertiary/aromatic N) is 1. The van der Waals surface area contributed by atoms with Crippen LogP contribution in [0.1, 0.15) is 0 Å². The number of carbonyl (C=O) groups excluding carboxylic acids is 2. The van der Waals surface area contributed by atoms with Gasteiger partial charge in [-0.1, -0.05) is 11.6 Å². The lowest BCUT2D eigenvalue weighted by Gasteiger charge is -2.13. The number of hydrogen-bond acceptors (Lipinski definition) is 5. The maximum atomic E-state index is 12.0. The molecule has 142 valence electrons. The van der Waals surface area contributed by atoms with Gasteiger partial charge in [0.2, 0.25) is 0 Å². The largest absolute Gasteiger partial charge is 0.497 e. The average molecular weight is 391 g/mol. The Morgan fingerprint density at radius 3 is 2.52 bits per heavy atom. The Balaban J connectivity index is 1.45. The van der Waals surface area contributed by atoms with Crippen LogP contribution in [0.3, 0.4) is 0 Å². The van der Waals surface area contributed by atoms with Crippen LogP contribution in [0.4, 0.5) is 10.5 Å². The van der Waals surface area contributed by atoms with E-state index in [9.17, 15) is 9.59 Å². The lowest BCUT2D eigenvalue weighted by atomic mass is 10.2. The van der Waals surface area contributed by atoms with E-state index in [0.29, 0.717) is 28.8 Å². The summed E-state index contributed by atoms with van der Waals surface area (Å²) in [6.45, 7) is 0.426. The summed E-state index contributed by atoms with van der Waals surface area (Å²) in [7, 11) is 1.58. The number of methoxy groups -OCH3 is 1. The van der Waals surface area contributed by atoms with Crippen molar-refractivity contribution in [1.82, 2.24) is 5.32 Å². The van der Waals surface area contributed by atoms with Gasteiger partial charge < -0.3 is 19.5 Å². The second-order valence-electron chi connectivity index (χ2n) is 5.86. The zero-order valence-electron chi connectivity index (χ0n) is 14.7. The fourth-order valence-corrected chi connectivity index (χ4v) is 2.69. The maximum absolute atomic E-state index is 12.0. The molecule has 0 spiro atoms. The molecule has 3 rings (SSSR count). The van der Waals surface area contributed by atoms with Gasteiger partial charge in [-0.15, -0.1) is 0 Å². The quantitative estimate of drug-likeness (QED) is 0.786. The summed E-state index contributed by atoms with van der Waals surface area (Å²) in [5.74, 6) is 0.951. The standard InChI is InChI=1S/C19H19ClN2O5/c1-25-15-8-4-14(5-9-15)22-11-17(27-19(22)24)10-21-18(23)12-26-16-6-2-13(20)3-7-16/h2-9,17H,10-12H2,1H3,(H,21,23). The summed E-state index contributed by atoms with van der Waals surface area (Å²) in [6.07, 6.45) is -0.879. The van der Waals surface area contributed by atoms with Gasteiger partial charge in [0, 0.05) is 10.7 Å². The van der Waals surface area contributed by atoms with Gasteiger partial charge in [0.25, 0.3) is 5.91 Å². The topological polar surface area (TPSA) is 77.1 Å². The second kappa shape index (κ2) is 8.64. The van der Waals surface area contributed by atoms with Gasteiger partial charge in [-0.25, -0.2) is 4.79 Å². The first-order valence-electron chi connectivity index (χ1n) is 8.32. The summed E-state index contributed by atoms with van der Waals surface area (Å²) in [5, 5.41) is 3.30. The third-order valence-electron chi connectivity index (χ3n) is 3.97. The van der Waals surface area contributed by atoms with Gasteiger partial charge in [-0.3, -0.25) is 9.69 Å². The Morgan fingerprint density at radius 2 is 1.85 bits per heavy atom. The van der Waals surface area contributed by atoms with Crippen molar-refractivity contribution in [3.63, 3.8) is 0 Å². The molecule has 1 heterocycles. The fourth-order valence-electron chi connectivity index (χ4n) is 2.56. The van der Waals surface area contributed by atoms with Crippen LogP contribution in [0.25, 0.3) is 0 Å². The predicted octanol–water partition coefficient (Wildman–Crippen LogP) is 2.87. The molecule has 0 saturated carbocycles. The highest BCUT2D eigenvalue weighted by Crippen LogP contribution is 2.24. The summed E-state index contributed by atoms with van der Waals surface area (Å²) in [6, 6.07) is 13.8. The zero-order valence-corrected chi connectivity index (χ0v) is 15.4. The molecule has 0 aliphatic carbocycles. The molecule has 8 heteroatoms. The van der Waals surface area contributed by atoms with Crippen molar-refractivity contribution >= 4 is 29.3 Å². The third-order valence-corrected chi connectivity index (χ3v) is 4.22. The molecule has 1 unspecified atom stereocenters. The molecule has 1 saturated heterocycles. The van der Waals surface area contributed by atoms with Crippen molar-refractivity contribution in [1.29, 1.82) is 0 Å². The van der Waals surface area contributed by atoms with Crippen LogP contribution in [-0.4, -0.2) is 44.9 Å². The van der Waals surface area contributed by atoms with Crippen molar-refractivity contribution in [2.45, 2.75) is 6.10 Å². The lowest BCUT2D eigenvalue weighted by molar-refractivity contribution is -0.123. The minimum absolute atomic E-state index is 0.134. The molecule has 1 aliphatic heterocycles. The minimum atomic E-state index is -0.447. The second-order valence-corrected chi connectivity index (χ2v) is 6.30. The number of nitrogens with one attached hydrogen (secondary N) is 1. The lowest BCUT2D eigenvalue weighted by Crippen LogP contribution is -2.37. The summed E-state index contributed by atoms with van der Waals surface area (Å²) in [4.78, 5) is 25.5. The number of cyclic esters (lactones) is 1.